The van der Waals surface area contributed by atoms with Crippen molar-refractivity contribution < 1.29 is 14.9 Å². The fourth-order valence-electron chi connectivity index (χ4n) is 3.61. The van der Waals surface area contributed by atoms with E-state index in [9.17, 15) is 10.2 Å². The van der Waals surface area contributed by atoms with Crippen LogP contribution in [0.3, 0.4) is 0 Å². The lowest BCUT2D eigenvalue weighted by Crippen LogP contribution is -2.40. The Labute approximate surface area is 138 Å². The Balaban J connectivity index is 1.70. The van der Waals surface area contributed by atoms with E-state index in [-0.39, 0.29) is 6.10 Å². The number of benzene rings is 1. The molecular weight excluding hydrogens is 290 g/mol. The third-order valence-electron chi connectivity index (χ3n) is 4.87. The van der Waals surface area contributed by atoms with Crippen LogP contribution in [0.1, 0.15) is 37.7 Å². The Hall–Kier alpha value is -1.36. The monoisotopic (exact) mass is 317 g/mol. The quantitative estimate of drug-likeness (QED) is 0.820. The molecule has 2 N–H and O–H groups in total. The molecule has 0 saturated heterocycles. The lowest BCUT2D eigenvalue weighted by atomic mass is 9.91. The van der Waals surface area contributed by atoms with E-state index in [0.29, 0.717) is 11.8 Å². The zero-order valence-corrected chi connectivity index (χ0v) is 13.7. The summed E-state index contributed by atoms with van der Waals surface area (Å²) >= 11 is 0. The van der Waals surface area contributed by atoms with Crippen LogP contribution < -0.4 is 0 Å². The van der Waals surface area contributed by atoms with Crippen LogP contribution in [-0.4, -0.2) is 47.0 Å². The van der Waals surface area contributed by atoms with Crippen LogP contribution in [0.15, 0.2) is 35.9 Å². The molecule has 1 aromatic rings. The van der Waals surface area contributed by atoms with Gasteiger partial charge >= 0.3 is 0 Å². The summed E-state index contributed by atoms with van der Waals surface area (Å²) in [6.45, 7) is 3.29. The van der Waals surface area contributed by atoms with E-state index in [0.717, 1.165) is 64.0 Å². The fourth-order valence-corrected chi connectivity index (χ4v) is 3.61. The van der Waals surface area contributed by atoms with E-state index < -0.39 is 0 Å². The van der Waals surface area contributed by atoms with Gasteiger partial charge < -0.3 is 14.9 Å². The third-order valence-corrected chi connectivity index (χ3v) is 4.87. The van der Waals surface area contributed by atoms with Gasteiger partial charge in [0, 0.05) is 19.1 Å². The first-order valence-electron chi connectivity index (χ1n) is 8.66. The molecule has 23 heavy (non-hydrogen) atoms. The van der Waals surface area contributed by atoms with Crippen LogP contribution in [0.2, 0.25) is 0 Å². The number of rotatable bonds is 5. The van der Waals surface area contributed by atoms with Gasteiger partial charge in [-0.2, -0.15) is 0 Å². The van der Waals surface area contributed by atoms with E-state index in [2.05, 4.69) is 17.0 Å². The first kappa shape index (κ1) is 16.5. The molecule has 1 saturated carbocycles. The normalized spacial score (nSPS) is 25.4. The molecule has 4 nitrogen and oxygen atoms in total. The molecule has 1 aromatic carbocycles. The molecule has 0 bridgehead atoms. The molecule has 2 aliphatic rings. The average Bonchev–Trinajstić information content (AvgIpc) is 2.56. The topological polar surface area (TPSA) is 52.9 Å². The van der Waals surface area contributed by atoms with Gasteiger partial charge in [0.05, 0.1) is 19.3 Å². The Bertz CT molecular complexity index is 535. The van der Waals surface area contributed by atoms with Crippen LogP contribution in [-0.2, 0) is 11.3 Å². The lowest BCUT2D eigenvalue weighted by molar-refractivity contribution is 0.0700. The van der Waals surface area contributed by atoms with Gasteiger partial charge in [-0.15, -0.1) is 0 Å². The number of hydrogen-bond acceptors (Lipinski definition) is 4. The predicted molar refractivity (Wildman–Crippen MR) is 90.3 cm³/mol. The lowest BCUT2D eigenvalue weighted by Gasteiger charge is -2.36. The average molecular weight is 317 g/mol. The molecule has 4 heteroatoms. The number of nitrogens with zero attached hydrogens (tertiary/aromatic N) is 1. The summed E-state index contributed by atoms with van der Waals surface area (Å²) in [5.74, 6) is 0.321. The zero-order valence-electron chi connectivity index (χ0n) is 13.7. The molecule has 126 valence electrons. The number of aliphatic hydroxyl groups is 1. The summed E-state index contributed by atoms with van der Waals surface area (Å²) in [6, 6.07) is 8.01. The van der Waals surface area contributed by atoms with Crippen molar-refractivity contribution in [2.24, 2.45) is 0 Å². The van der Waals surface area contributed by atoms with E-state index in [1.165, 1.54) is 5.57 Å². The zero-order chi connectivity index (χ0) is 16.1. The standard InChI is InChI=1S/C19H27NO3/c21-18-8-6-17(7-9-18)20(13-16-4-2-10-23-14-16)12-15-3-1-5-19(22)11-15/h1,3-5,11,17-18,21-22H,2,6-10,12-14H2. The summed E-state index contributed by atoms with van der Waals surface area (Å²) < 4.78 is 5.58. The molecular formula is C19H27NO3. The van der Waals surface area contributed by atoms with E-state index in [1.807, 2.05) is 12.1 Å². The highest BCUT2D eigenvalue weighted by molar-refractivity contribution is 5.27. The van der Waals surface area contributed by atoms with Crippen molar-refractivity contribution in [3.63, 3.8) is 0 Å². The predicted octanol–water partition coefficient (Wildman–Crippen LogP) is 2.84. The Morgan fingerprint density at radius 2 is 1.96 bits per heavy atom. The number of phenolic OH excluding ortho intramolecular Hbond substituents is 1. The van der Waals surface area contributed by atoms with Crippen LogP contribution in [0.25, 0.3) is 0 Å². The van der Waals surface area contributed by atoms with Crippen LogP contribution in [0.5, 0.6) is 5.75 Å². The van der Waals surface area contributed by atoms with E-state index >= 15 is 0 Å². The molecule has 1 fully saturated rings. The number of aliphatic hydroxyl groups excluding tert-OH is 1. The van der Waals surface area contributed by atoms with E-state index in [4.69, 9.17) is 4.74 Å². The largest absolute Gasteiger partial charge is 0.508 e. The Morgan fingerprint density at radius 1 is 1.13 bits per heavy atom. The first-order valence-corrected chi connectivity index (χ1v) is 8.66. The van der Waals surface area contributed by atoms with Gasteiger partial charge in [0.25, 0.3) is 0 Å². The smallest absolute Gasteiger partial charge is 0.115 e. The van der Waals surface area contributed by atoms with Crippen molar-refractivity contribution >= 4 is 0 Å². The summed E-state index contributed by atoms with van der Waals surface area (Å²) in [5.41, 5.74) is 2.48. The summed E-state index contributed by atoms with van der Waals surface area (Å²) in [4.78, 5) is 2.49. The van der Waals surface area contributed by atoms with Gasteiger partial charge in [0.15, 0.2) is 0 Å². The van der Waals surface area contributed by atoms with Gasteiger partial charge in [-0.05, 0) is 55.4 Å². The maximum atomic E-state index is 9.77. The van der Waals surface area contributed by atoms with Gasteiger partial charge in [0.2, 0.25) is 0 Å². The molecule has 1 aliphatic carbocycles. The summed E-state index contributed by atoms with van der Waals surface area (Å²) in [5, 5.41) is 19.5. The number of aromatic hydroxyl groups is 1. The minimum Gasteiger partial charge on any atom is -0.508 e. The second-order valence-electron chi connectivity index (χ2n) is 6.74. The molecule has 0 aromatic heterocycles. The Morgan fingerprint density at radius 3 is 2.65 bits per heavy atom. The molecule has 1 aliphatic heterocycles. The minimum atomic E-state index is -0.133. The highest BCUT2D eigenvalue weighted by atomic mass is 16.5. The van der Waals surface area contributed by atoms with Crippen LogP contribution >= 0.6 is 0 Å². The van der Waals surface area contributed by atoms with Crippen molar-refractivity contribution in [1.82, 2.24) is 4.90 Å². The highest BCUT2D eigenvalue weighted by Gasteiger charge is 2.25. The SMILES string of the molecule is Oc1cccc(CN(CC2=CCCOC2)C2CCC(O)CC2)c1. The minimum absolute atomic E-state index is 0.133. The second-order valence-corrected chi connectivity index (χ2v) is 6.74. The highest BCUT2D eigenvalue weighted by Crippen LogP contribution is 2.26. The van der Waals surface area contributed by atoms with E-state index in [1.54, 1.807) is 6.07 Å². The fraction of sp³-hybridized carbons (Fsp3) is 0.579. The maximum absolute atomic E-state index is 9.77. The van der Waals surface area contributed by atoms with Gasteiger partial charge in [-0.1, -0.05) is 18.2 Å². The first-order chi connectivity index (χ1) is 11.2. The maximum Gasteiger partial charge on any atom is 0.115 e. The number of phenols is 1. The molecule has 3 rings (SSSR count). The Kier molecular flexibility index (Phi) is 5.70. The van der Waals surface area contributed by atoms with Crippen molar-refractivity contribution in [3.05, 3.63) is 41.5 Å². The second kappa shape index (κ2) is 7.95. The molecule has 0 atom stereocenters. The summed E-state index contributed by atoms with van der Waals surface area (Å²) in [7, 11) is 0. The van der Waals surface area contributed by atoms with Crippen LogP contribution in [0.4, 0.5) is 0 Å². The van der Waals surface area contributed by atoms with Crippen molar-refractivity contribution in [1.29, 1.82) is 0 Å². The molecule has 1 heterocycles. The third kappa shape index (κ3) is 4.80. The number of hydrogen-bond donors (Lipinski definition) is 2. The molecule has 0 unspecified atom stereocenters. The molecule has 0 amide bonds. The van der Waals surface area contributed by atoms with Gasteiger partial charge in [-0.25, -0.2) is 0 Å². The number of ether oxygens (including phenoxy) is 1. The molecule has 0 radical (unpaired) electrons. The van der Waals surface area contributed by atoms with Gasteiger partial charge in [0.1, 0.15) is 5.75 Å². The summed E-state index contributed by atoms with van der Waals surface area (Å²) in [6.07, 6.45) is 7.01. The van der Waals surface area contributed by atoms with Crippen molar-refractivity contribution in [3.8, 4) is 5.75 Å². The van der Waals surface area contributed by atoms with Crippen LogP contribution in [0, 0.1) is 0 Å². The van der Waals surface area contributed by atoms with Crippen molar-refractivity contribution in [2.45, 2.75) is 50.8 Å². The molecule has 0 spiro atoms. The van der Waals surface area contributed by atoms with Crippen molar-refractivity contribution in [2.75, 3.05) is 19.8 Å². The van der Waals surface area contributed by atoms with Gasteiger partial charge in [-0.3, -0.25) is 4.90 Å².